The van der Waals surface area contributed by atoms with E-state index in [1.807, 2.05) is 0 Å². The van der Waals surface area contributed by atoms with E-state index in [1.165, 1.54) is 11.1 Å². The van der Waals surface area contributed by atoms with Crippen molar-refractivity contribution in [1.82, 2.24) is 10.2 Å². The molecule has 2 rings (SSSR count). The van der Waals surface area contributed by atoms with Crippen LogP contribution in [-0.4, -0.2) is 37.3 Å². The molecule has 0 radical (unpaired) electrons. The van der Waals surface area contributed by atoms with Gasteiger partial charge in [0, 0.05) is 26.2 Å². The SMILES string of the molecule is Cc1cccc(OC(C)N2CCNCC2)c1C. The summed E-state index contributed by atoms with van der Waals surface area (Å²) in [6, 6.07) is 6.24. The Morgan fingerprint density at radius 2 is 1.94 bits per heavy atom. The fourth-order valence-electron chi connectivity index (χ4n) is 2.16. The summed E-state index contributed by atoms with van der Waals surface area (Å²) in [7, 11) is 0. The van der Waals surface area contributed by atoms with Crippen LogP contribution in [0.3, 0.4) is 0 Å². The largest absolute Gasteiger partial charge is 0.475 e. The first kappa shape index (κ1) is 12.4. The second kappa shape index (κ2) is 5.52. The van der Waals surface area contributed by atoms with Gasteiger partial charge in [-0.25, -0.2) is 0 Å². The second-order valence-corrected chi connectivity index (χ2v) is 4.70. The van der Waals surface area contributed by atoms with Crippen molar-refractivity contribution in [2.24, 2.45) is 0 Å². The van der Waals surface area contributed by atoms with Gasteiger partial charge < -0.3 is 10.1 Å². The molecule has 0 aromatic heterocycles. The Labute approximate surface area is 104 Å². The van der Waals surface area contributed by atoms with Crippen LogP contribution in [0, 0.1) is 13.8 Å². The molecule has 17 heavy (non-hydrogen) atoms. The van der Waals surface area contributed by atoms with Crippen LogP contribution < -0.4 is 10.1 Å². The number of ether oxygens (including phenoxy) is 1. The predicted octanol–water partition coefficient (Wildman–Crippen LogP) is 1.93. The quantitative estimate of drug-likeness (QED) is 0.865. The number of hydrogen-bond acceptors (Lipinski definition) is 3. The molecule has 0 spiro atoms. The van der Waals surface area contributed by atoms with Gasteiger partial charge in [0.2, 0.25) is 0 Å². The first-order valence-corrected chi connectivity index (χ1v) is 6.36. The van der Waals surface area contributed by atoms with Crippen molar-refractivity contribution < 1.29 is 4.74 Å². The number of nitrogens with zero attached hydrogens (tertiary/aromatic N) is 1. The fourth-order valence-corrected chi connectivity index (χ4v) is 2.16. The van der Waals surface area contributed by atoms with E-state index in [0.717, 1.165) is 31.9 Å². The monoisotopic (exact) mass is 234 g/mol. The van der Waals surface area contributed by atoms with E-state index in [-0.39, 0.29) is 6.23 Å². The summed E-state index contributed by atoms with van der Waals surface area (Å²) in [5.41, 5.74) is 2.53. The van der Waals surface area contributed by atoms with Crippen LogP contribution >= 0.6 is 0 Å². The van der Waals surface area contributed by atoms with Crippen LogP contribution in [0.5, 0.6) is 5.75 Å². The van der Waals surface area contributed by atoms with Crippen LogP contribution in [-0.2, 0) is 0 Å². The zero-order valence-electron chi connectivity index (χ0n) is 11.0. The molecule has 1 fully saturated rings. The van der Waals surface area contributed by atoms with Crippen molar-refractivity contribution in [3.05, 3.63) is 29.3 Å². The fraction of sp³-hybridized carbons (Fsp3) is 0.571. The number of hydrogen-bond donors (Lipinski definition) is 1. The lowest BCUT2D eigenvalue weighted by Crippen LogP contribution is -2.49. The van der Waals surface area contributed by atoms with Crippen molar-refractivity contribution in [3.8, 4) is 5.75 Å². The van der Waals surface area contributed by atoms with Crippen molar-refractivity contribution in [2.45, 2.75) is 27.0 Å². The van der Waals surface area contributed by atoms with Crippen molar-refractivity contribution in [1.29, 1.82) is 0 Å². The average Bonchev–Trinajstić information content (AvgIpc) is 2.36. The molecule has 1 aliphatic rings. The van der Waals surface area contributed by atoms with Gasteiger partial charge >= 0.3 is 0 Å². The third-order valence-electron chi connectivity index (χ3n) is 3.52. The third kappa shape index (κ3) is 2.99. The van der Waals surface area contributed by atoms with Gasteiger partial charge in [0.25, 0.3) is 0 Å². The molecule has 1 N–H and O–H groups in total. The molecule has 1 atom stereocenters. The highest BCUT2D eigenvalue weighted by Crippen LogP contribution is 2.22. The highest BCUT2D eigenvalue weighted by atomic mass is 16.5. The maximum atomic E-state index is 6.06. The predicted molar refractivity (Wildman–Crippen MR) is 70.4 cm³/mol. The first-order valence-electron chi connectivity index (χ1n) is 6.36. The Morgan fingerprint density at radius 1 is 1.24 bits per heavy atom. The zero-order chi connectivity index (χ0) is 12.3. The Balaban J connectivity index is 2.01. The van der Waals surface area contributed by atoms with Crippen LogP contribution in [0.15, 0.2) is 18.2 Å². The van der Waals surface area contributed by atoms with Crippen molar-refractivity contribution in [3.63, 3.8) is 0 Å². The molecule has 1 aromatic rings. The summed E-state index contributed by atoms with van der Waals surface area (Å²) >= 11 is 0. The Hall–Kier alpha value is -1.06. The van der Waals surface area contributed by atoms with Crippen LogP contribution in [0.2, 0.25) is 0 Å². The van der Waals surface area contributed by atoms with E-state index in [0.29, 0.717) is 0 Å². The molecule has 3 nitrogen and oxygen atoms in total. The maximum Gasteiger partial charge on any atom is 0.149 e. The standard InChI is InChI=1S/C14H22N2O/c1-11-5-4-6-14(12(11)2)17-13(3)16-9-7-15-8-10-16/h4-6,13,15H,7-10H2,1-3H3. The molecule has 1 heterocycles. The van der Waals surface area contributed by atoms with Gasteiger partial charge in [0.05, 0.1) is 0 Å². The van der Waals surface area contributed by atoms with Gasteiger partial charge in [-0.15, -0.1) is 0 Å². The summed E-state index contributed by atoms with van der Waals surface area (Å²) in [5.74, 6) is 1.01. The molecule has 1 aliphatic heterocycles. The lowest BCUT2D eigenvalue weighted by Gasteiger charge is -2.33. The third-order valence-corrected chi connectivity index (χ3v) is 3.52. The summed E-state index contributed by atoms with van der Waals surface area (Å²) < 4.78 is 6.06. The Kier molecular flexibility index (Phi) is 4.02. The smallest absolute Gasteiger partial charge is 0.149 e. The average molecular weight is 234 g/mol. The molecular weight excluding hydrogens is 212 g/mol. The highest BCUT2D eigenvalue weighted by molar-refractivity contribution is 5.38. The summed E-state index contributed by atoms with van der Waals surface area (Å²) in [6.45, 7) is 10.6. The number of piperazine rings is 1. The second-order valence-electron chi connectivity index (χ2n) is 4.70. The van der Waals surface area contributed by atoms with E-state index >= 15 is 0 Å². The molecule has 1 unspecified atom stereocenters. The van der Waals surface area contributed by atoms with Crippen molar-refractivity contribution >= 4 is 0 Å². The lowest BCUT2D eigenvalue weighted by molar-refractivity contribution is 0.0306. The molecule has 0 saturated carbocycles. The van der Waals surface area contributed by atoms with Crippen LogP contribution in [0.1, 0.15) is 18.1 Å². The molecule has 1 saturated heterocycles. The van der Waals surface area contributed by atoms with Gasteiger partial charge in [0.1, 0.15) is 12.0 Å². The van der Waals surface area contributed by atoms with Gasteiger partial charge in [-0.3, -0.25) is 4.90 Å². The van der Waals surface area contributed by atoms with Crippen molar-refractivity contribution in [2.75, 3.05) is 26.2 Å². The Bertz CT molecular complexity index is 372. The number of rotatable bonds is 3. The number of nitrogens with one attached hydrogen (secondary N) is 1. The van der Waals surface area contributed by atoms with E-state index < -0.39 is 0 Å². The minimum Gasteiger partial charge on any atom is -0.475 e. The lowest BCUT2D eigenvalue weighted by atomic mass is 10.1. The molecule has 1 aromatic carbocycles. The van der Waals surface area contributed by atoms with Gasteiger partial charge in [-0.2, -0.15) is 0 Å². The minimum atomic E-state index is 0.151. The van der Waals surface area contributed by atoms with Gasteiger partial charge in [-0.05, 0) is 38.0 Å². The van der Waals surface area contributed by atoms with Gasteiger partial charge in [0.15, 0.2) is 0 Å². The normalized spacial score (nSPS) is 19.0. The number of benzene rings is 1. The summed E-state index contributed by atoms with van der Waals surface area (Å²) in [5, 5.41) is 3.36. The van der Waals surface area contributed by atoms with E-state index in [2.05, 4.69) is 49.2 Å². The molecule has 0 bridgehead atoms. The molecule has 3 heteroatoms. The van der Waals surface area contributed by atoms with Crippen LogP contribution in [0.25, 0.3) is 0 Å². The summed E-state index contributed by atoms with van der Waals surface area (Å²) in [4.78, 5) is 2.37. The zero-order valence-corrected chi connectivity index (χ0v) is 11.0. The highest BCUT2D eigenvalue weighted by Gasteiger charge is 2.18. The van der Waals surface area contributed by atoms with E-state index in [9.17, 15) is 0 Å². The topological polar surface area (TPSA) is 24.5 Å². The van der Waals surface area contributed by atoms with Gasteiger partial charge in [-0.1, -0.05) is 12.1 Å². The maximum absolute atomic E-state index is 6.06. The summed E-state index contributed by atoms with van der Waals surface area (Å²) in [6.07, 6.45) is 0.151. The minimum absolute atomic E-state index is 0.151. The van der Waals surface area contributed by atoms with E-state index in [1.54, 1.807) is 0 Å². The molecule has 0 amide bonds. The van der Waals surface area contributed by atoms with E-state index in [4.69, 9.17) is 4.74 Å². The molecule has 0 aliphatic carbocycles. The first-order chi connectivity index (χ1) is 8.18. The molecule has 94 valence electrons. The Morgan fingerprint density at radius 3 is 2.65 bits per heavy atom. The van der Waals surface area contributed by atoms with Crippen LogP contribution in [0.4, 0.5) is 0 Å². The number of aryl methyl sites for hydroxylation is 1. The molecular formula is C14H22N2O.